The van der Waals surface area contributed by atoms with E-state index in [1.165, 1.54) is 89.5 Å². The Kier molecular flexibility index (Phi) is 17.5. The maximum Gasteiger partial charge on any atom is 0.310 e. The van der Waals surface area contributed by atoms with Crippen molar-refractivity contribution in [3.8, 4) is 0 Å². The van der Waals surface area contributed by atoms with Crippen LogP contribution in [-0.4, -0.2) is 22.2 Å². The van der Waals surface area contributed by atoms with Crippen molar-refractivity contribution in [2.45, 2.75) is 110 Å². The highest BCUT2D eigenvalue weighted by Crippen LogP contribution is 2.14. The molecule has 4 heteroatoms. The Hall–Kier alpha value is -1.32. The predicted molar refractivity (Wildman–Crippen MR) is 107 cm³/mol. The van der Waals surface area contributed by atoms with E-state index in [4.69, 9.17) is 10.2 Å². The molecule has 0 saturated carbocycles. The van der Waals surface area contributed by atoms with E-state index >= 15 is 0 Å². The third-order valence-corrected chi connectivity index (χ3v) is 4.80. The van der Waals surface area contributed by atoms with Crippen LogP contribution in [0.25, 0.3) is 0 Å². The highest BCUT2D eigenvalue weighted by atomic mass is 16.4. The lowest BCUT2D eigenvalue weighted by Crippen LogP contribution is -2.15. The van der Waals surface area contributed by atoms with Crippen LogP contribution in [0, 0.1) is 5.92 Å². The van der Waals surface area contributed by atoms with Crippen molar-refractivity contribution in [3.05, 3.63) is 12.2 Å². The van der Waals surface area contributed by atoms with E-state index in [1.54, 1.807) is 0 Å². The first-order valence-electron chi connectivity index (χ1n) is 10.7. The van der Waals surface area contributed by atoms with Gasteiger partial charge in [0.25, 0.3) is 0 Å². The molecule has 0 rings (SSSR count). The molecule has 0 fully saturated rings. The van der Waals surface area contributed by atoms with Gasteiger partial charge in [0.05, 0.1) is 12.3 Å². The summed E-state index contributed by atoms with van der Waals surface area (Å²) in [5, 5.41) is 17.6. The molecule has 0 aromatic heterocycles. The van der Waals surface area contributed by atoms with Gasteiger partial charge in [-0.15, -0.1) is 0 Å². The highest BCUT2D eigenvalue weighted by Gasteiger charge is 2.17. The lowest BCUT2D eigenvalue weighted by molar-refractivity contribution is -0.146. The smallest absolute Gasteiger partial charge is 0.310 e. The van der Waals surface area contributed by atoms with Crippen molar-refractivity contribution in [2.24, 2.45) is 5.92 Å². The van der Waals surface area contributed by atoms with Crippen molar-refractivity contribution in [3.63, 3.8) is 0 Å². The highest BCUT2D eigenvalue weighted by molar-refractivity contribution is 5.79. The molecule has 152 valence electrons. The van der Waals surface area contributed by atoms with Crippen LogP contribution in [0.2, 0.25) is 0 Å². The van der Waals surface area contributed by atoms with Gasteiger partial charge in [-0.3, -0.25) is 9.59 Å². The number of carboxylic acid groups (broad SMARTS) is 2. The van der Waals surface area contributed by atoms with Gasteiger partial charge in [-0.05, 0) is 12.8 Å². The number of unbranched alkanes of at least 4 members (excludes halogenated alkanes) is 14. The molecule has 0 radical (unpaired) electrons. The summed E-state index contributed by atoms with van der Waals surface area (Å²) in [5.41, 5.74) is 0. The first-order valence-corrected chi connectivity index (χ1v) is 10.7. The molecule has 2 N–H and O–H groups in total. The molecule has 0 heterocycles. The largest absolute Gasteiger partial charge is 0.481 e. The van der Waals surface area contributed by atoms with E-state index in [1.807, 2.05) is 6.08 Å². The first-order chi connectivity index (χ1) is 12.6. The summed E-state index contributed by atoms with van der Waals surface area (Å²) in [7, 11) is 0. The predicted octanol–water partition coefficient (Wildman–Crippen LogP) is 6.59. The van der Waals surface area contributed by atoms with Gasteiger partial charge >= 0.3 is 11.9 Å². The molecule has 0 saturated heterocycles. The Labute approximate surface area is 160 Å². The van der Waals surface area contributed by atoms with E-state index in [2.05, 4.69) is 6.92 Å². The Balaban J connectivity index is 3.36. The molecule has 4 nitrogen and oxygen atoms in total. The SMILES string of the molecule is CCCCCCCCCCCCCCCCC=CC(CC(=O)O)C(=O)O. The van der Waals surface area contributed by atoms with E-state index in [0.717, 1.165) is 12.8 Å². The Morgan fingerprint density at radius 1 is 0.731 bits per heavy atom. The fraction of sp³-hybridized carbons (Fsp3) is 0.818. The molecular formula is C22H40O4. The number of aliphatic carboxylic acids is 2. The quantitative estimate of drug-likeness (QED) is 0.199. The van der Waals surface area contributed by atoms with Gasteiger partial charge < -0.3 is 10.2 Å². The third-order valence-electron chi connectivity index (χ3n) is 4.80. The maximum atomic E-state index is 10.9. The number of hydrogen-bond donors (Lipinski definition) is 2. The van der Waals surface area contributed by atoms with Crippen LogP contribution in [0.3, 0.4) is 0 Å². The van der Waals surface area contributed by atoms with E-state index in [-0.39, 0.29) is 6.42 Å². The van der Waals surface area contributed by atoms with E-state index < -0.39 is 17.9 Å². The van der Waals surface area contributed by atoms with Gasteiger partial charge in [-0.25, -0.2) is 0 Å². The summed E-state index contributed by atoms with van der Waals surface area (Å²) in [6.07, 6.45) is 22.3. The van der Waals surface area contributed by atoms with Gasteiger partial charge in [0.15, 0.2) is 0 Å². The molecule has 0 spiro atoms. The van der Waals surface area contributed by atoms with Crippen LogP contribution in [0.1, 0.15) is 110 Å². The van der Waals surface area contributed by atoms with Crippen LogP contribution in [0.5, 0.6) is 0 Å². The molecular weight excluding hydrogens is 328 g/mol. The average molecular weight is 369 g/mol. The molecule has 0 aromatic carbocycles. The van der Waals surface area contributed by atoms with Gasteiger partial charge in [-0.1, -0.05) is 103 Å². The van der Waals surface area contributed by atoms with Gasteiger partial charge in [-0.2, -0.15) is 0 Å². The lowest BCUT2D eigenvalue weighted by Gasteiger charge is -2.04. The summed E-state index contributed by atoms with van der Waals surface area (Å²) in [5.74, 6) is -3.04. The minimum absolute atomic E-state index is 0.343. The fourth-order valence-electron chi connectivity index (χ4n) is 3.14. The summed E-state index contributed by atoms with van der Waals surface area (Å²) < 4.78 is 0. The zero-order chi connectivity index (χ0) is 19.5. The first kappa shape index (κ1) is 24.7. The fourth-order valence-corrected chi connectivity index (χ4v) is 3.14. The topological polar surface area (TPSA) is 74.6 Å². The van der Waals surface area contributed by atoms with Crippen LogP contribution >= 0.6 is 0 Å². The number of rotatable bonds is 19. The Morgan fingerprint density at radius 2 is 1.15 bits per heavy atom. The number of carboxylic acids is 2. The summed E-state index contributed by atoms with van der Waals surface area (Å²) >= 11 is 0. The number of carbonyl (C=O) groups is 2. The number of hydrogen-bond acceptors (Lipinski definition) is 2. The van der Waals surface area contributed by atoms with Gasteiger partial charge in [0.2, 0.25) is 0 Å². The normalized spacial score (nSPS) is 12.5. The summed E-state index contributed by atoms with van der Waals surface area (Å²) in [6.45, 7) is 2.26. The lowest BCUT2D eigenvalue weighted by atomic mass is 10.0. The van der Waals surface area contributed by atoms with Crippen LogP contribution in [0.4, 0.5) is 0 Å². The molecule has 1 atom stereocenters. The van der Waals surface area contributed by atoms with Crippen molar-refractivity contribution in [2.75, 3.05) is 0 Å². The maximum absolute atomic E-state index is 10.9. The molecule has 26 heavy (non-hydrogen) atoms. The minimum Gasteiger partial charge on any atom is -0.481 e. The van der Waals surface area contributed by atoms with Crippen LogP contribution < -0.4 is 0 Å². The zero-order valence-electron chi connectivity index (χ0n) is 16.8. The average Bonchev–Trinajstić information content (AvgIpc) is 2.59. The Morgan fingerprint density at radius 3 is 1.54 bits per heavy atom. The minimum atomic E-state index is -1.07. The van der Waals surface area contributed by atoms with Crippen molar-refractivity contribution >= 4 is 11.9 Å². The summed E-state index contributed by atoms with van der Waals surface area (Å²) in [6, 6.07) is 0. The molecule has 1 unspecified atom stereocenters. The van der Waals surface area contributed by atoms with Crippen molar-refractivity contribution in [1.82, 2.24) is 0 Å². The standard InChI is InChI=1S/C22H40O4/c1-2-3-4-5-6-7-8-9-10-11-12-13-14-15-16-17-18-20(22(25)26)19-21(23)24/h17-18,20H,2-16,19H2,1H3,(H,23,24)(H,25,26). The van der Waals surface area contributed by atoms with Crippen LogP contribution in [-0.2, 0) is 9.59 Å². The van der Waals surface area contributed by atoms with Crippen molar-refractivity contribution < 1.29 is 19.8 Å². The monoisotopic (exact) mass is 368 g/mol. The second-order valence-corrected chi connectivity index (χ2v) is 7.36. The van der Waals surface area contributed by atoms with Gasteiger partial charge in [0, 0.05) is 0 Å². The molecule has 0 aromatic rings. The Bertz CT molecular complexity index is 376. The third kappa shape index (κ3) is 17.5. The second-order valence-electron chi connectivity index (χ2n) is 7.36. The summed E-state index contributed by atoms with van der Waals surface area (Å²) in [4.78, 5) is 21.5. The molecule has 0 aliphatic carbocycles. The van der Waals surface area contributed by atoms with Crippen LogP contribution in [0.15, 0.2) is 12.2 Å². The molecule has 0 amide bonds. The number of allylic oxidation sites excluding steroid dienone is 1. The van der Waals surface area contributed by atoms with Gasteiger partial charge in [0.1, 0.15) is 0 Å². The molecule has 0 bridgehead atoms. The second kappa shape index (κ2) is 18.5. The molecule has 0 aliphatic rings. The zero-order valence-corrected chi connectivity index (χ0v) is 16.8. The van der Waals surface area contributed by atoms with E-state index in [9.17, 15) is 9.59 Å². The van der Waals surface area contributed by atoms with Crippen molar-refractivity contribution in [1.29, 1.82) is 0 Å². The van der Waals surface area contributed by atoms with E-state index in [0.29, 0.717) is 0 Å². The molecule has 0 aliphatic heterocycles.